The van der Waals surface area contributed by atoms with Crippen molar-refractivity contribution in [3.8, 4) is 0 Å². The smallest absolute Gasteiger partial charge is 0.243 e. The van der Waals surface area contributed by atoms with Gasteiger partial charge in [-0.05, 0) is 31.2 Å². The quantitative estimate of drug-likeness (QED) is 0.678. The van der Waals surface area contributed by atoms with Crippen molar-refractivity contribution in [2.24, 2.45) is 0 Å². The van der Waals surface area contributed by atoms with Gasteiger partial charge in [-0.25, -0.2) is 4.98 Å². The summed E-state index contributed by atoms with van der Waals surface area (Å²) in [6.07, 6.45) is 1.71. The molecule has 0 bridgehead atoms. The minimum absolute atomic E-state index is 0.0705. The highest BCUT2D eigenvalue weighted by Crippen LogP contribution is 2.16. The van der Waals surface area contributed by atoms with Crippen LogP contribution in [-0.4, -0.2) is 84.4 Å². The van der Waals surface area contributed by atoms with Crippen LogP contribution in [0, 0.1) is 6.92 Å². The molecule has 3 heterocycles. The second kappa shape index (κ2) is 10.4. The molecule has 3 amide bonds. The molecular formula is C24H30N6O3. The molecule has 2 N–H and O–H groups in total. The van der Waals surface area contributed by atoms with Crippen molar-refractivity contribution >= 4 is 29.2 Å². The van der Waals surface area contributed by atoms with Crippen molar-refractivity contribution in [1.29, 1.82) is 0 Å². The molecule has 1 atom stereocenters. The Bertz CT molecular complexity index is 973. The van der Waals surface area contributed by atoms with E-state index in [0.29, 0.717) is 18.8 Å². The van der Waals surface area contributed by atoms with E-state index < -0.39 is 6.04 Å². The molecule has 9 nitrogen and oxygen atoms in total. The standard InChI is InChI=1S/C24H30N6O3/c1-18-5-7-19(8-6-18)27-22(31)16-20-24(33)26-10-11-30(20)23(32)17-28-12-14-29(15-13-28)21-4-2-3-9-25-21/h2-9,20H,10-17H2,1H3,(H,26,33)(H,27,31). The third kappa shape index (κ3) is 5.87. The van der Waals surface area contributed by atoms with E-state index in [1.807, 2.05) is 49.4 Å². The Morgan fingerprint density at radius 2 is 1.82 bits per heavy atom. The highest BCUT2D eigenvalue weighted by Gasteiger charge is 2.35. The Hall–Kier alpha value is -3.46. The van der Waals surface area contributed by atoms with Crippen LogP contribution >= 0.6 is 0 Å². The van der Waals surface area contributed by atoms with Crippen LogP contribution in [0.1, 0.15) is 12.0 Å². The molecular weight excluding hydrogens is 420 g/mol. The average Bonchev–Trinajstić information content (AvgIpc) is 2.83. The number of nitrogens with zero attached hydrogens (tertiary/aromatic N) is 4. The topological polar surface area (TPSA) is 97.9 Å². The molecule has 174 valence electrons. The van der Waals surface area contributed by atoms with Gasteiger partial charge in [-0.2, -0.15) is 0 Å². The Balaban J connectivity index is 1.32. The predicted molar refractivity (Wildman–Crippen MR) is 126 cm³/mol. The van der Waals surface area contributed by atoms with E-state index in [2.05, 4.69) is 25.4 Å². The summed E-state index contributed by atoms with van der Waals surface area (Å²) in [5.74, 6) is 0.247. The molecule has 1 aromatic carbocycles. The zero-order valence-corrected chi connectivity index (χ0v) is 18.9. The SMILES string of the molecule is Cc1ccc(NC(=O)CC2C(=O)NCCN2C(=O)CN2CCN(c3ccccn3)CC2)cc1. The lowest BCUT2D eigenvalue weighted by Crippen LogP contribution is -2.60. The summed E-state index contributed by atoms with van der Waals surface area (Å²) in [6.45, 7) is 6.05. The number of carbonyl (C=O) groups excluding carboxylic acids is 3. The first-order valence-corrected chi connectivity index (χ1v) is 11.3. The van der Waals surface area contributed by atoms with Gasteiger partial charge in [0, 0.05) is 51.2 Å². The van der Waals surface area contributed by atoms with Gasteiger partial charge in [-0.1, -0.05) is 23.8 Å². The molecule has 2 aliphatic rings. The normalized spacial score (nSPS) is 19.2. The molecule has 2 aromatic rings. The fourth-order valence-corrected chi connectivity index (χ4v) is 4.20. The maximum atomic E-state index is 13.1. The summed E-state index contributed by atoms with van der Waals surface area (Å²) < 4.78 is 0. The molecule has 0 saturated carbocycles. The number of carbonyl (C=O) groups is 3. The molecule has 4 rings (SSSR count). The molecule has 0 radical (unpaired) electrons. The van der Waals surface area contributed by atoms with Crippen LogP contribution in [0.2, 0.25) is 0 Å². The van der Waals surface area contributed by atoms with Gasteiger partial charge in [0.2, 0.25) is 17.7 Å². The maximum absolute atomic E-state index is 13.1. The van der Waals surface area contributed by atoms with Gasteiger partial charge >= 0.3 is 0 Å². The third-order valence-electron chi connectivity index (χ3n) is 6.07. The number of benzene rings is 1. The Kier molecular flexibility index (Phi) is 7.19. The van der Waals surface area contributed by atoms with Crippen molar-refractivity contribution in [3.63, 3.8) is 0 Å². The number of rotatable bonds is 6. The van der Waals surface area contributed by atoms with Gasteiger partial charge in [-0.15, -0.1) is 0 Å². The first-order valence-electron chi connectivity index (χ1n) is 11.3. The largest absolute Gasteiger partial charge is 0.354 e. The number of hydrogen-bond acceptors (Lipinski definition) is 6. The molecule has 2 aliphatic heterocycles. The first kappa shape index (κ1) is 22.7. The highest BCUT2D eigenvalue weighted by molar-refractivity contribution is 5.97. The summed E-state index contributed by atoms with van der Waals surface area (Å²) in [7, 11) is 0. The highest BCUT2D eigenvalue weighted by atomic mass is 16.2. The predicted octanol–water partition coefficient (Wildman–Crippen LogP) is 0.868. The van der Waals surface area contributed by atoms with Crippen molar-refractivity contribution in [1.82, 2.24) is 20.1 Å². The van der Waals surface area contributed by atoms with Crippen LogP contribution in [-0.2, 0) is 14.4 Å². The van der Waals surface area contributed by atoms with Crippen molar-refractivity contribution < 1.29 is 14.4 Å². The molecule has 0 aliphatic carbocycles. The number of amides is 3. The van der Waals surface area contributed by atoms with E-state index in [-0.39, 0.29) is 30.7 Å². The fraction of sp³-hybridized carbons (Fsp3) is 0.417. The van der Waals surface area contributed by atoms with E-state index in [1.165, 1.54) is 0 Å². The summed E-state index contributed by atoms with van der Waals surface area (Å²) in [5.41, 5.74) is 1.77. The van der Waals surface area contributed by atoms with Crippen molar-refractivity contribution in [2.45, 2.75) is 19.4 Å². The second-order valence-corrected chi connectivity index (χ2v) is 8.46. The number of anilines is 2. The van der Waals surface area contributed by atoms with Gasteiger partial charge in [0.05, 0.1) is 13.0 Å². The van der Waals surface area contributed by atoms with Crippen LogP contribution in [0.3, 0.4) is 0 Å². The fourth-order valence-electron chi connectivity index (χ4n) is 4.20. The minimum atomic E-state index is -0.800. The van der Waals surface area contributed by atoms with Gasteiger partial charge in [0.1, 0.15) is 11.9 Å². The molecule has 1 aromatic heterocycles. The van der Waals surface area contributed by atoms with Crippen LogP contribution in [0.15, 0.2) is 48.7 Å². The monoisotopic (exact) mass is 450 g/mol. The number of pyridine rings is 1. The number of nitrogens with one attached hydrogen (secondary N) is 2. The summed E-state index contributed by atoms with van der Waals surface area (Å²) >= 11 is 0. The Morgan fingerprint density at radius 1 is 1.06 bits per heavy atom. The van der Waals surface area contributed by atoms with Gasteiger partial charge in [0.25, 0.3) is 0 Å². The number of aromatic nitrogens is 1. The number of hydrogen-bond donors (Lipinski definition) is 2. The van der Waals surface area contributed by atoms with Crippen LogP contribution in [0.4, 0.5) is 11.5 Å². The van der Waals surface area contributed by atoms with Crippen LogP contribution in [0.25, 0.3) is 0 Å². The lowest BCUT2D eigenvalue weighted by atomic mass is 10.1. The van der Waals surface area contributed by atoms with Gasteiger partial charge in [0.15, 0.2) is 0 Å². The van der Waals surface area contributed by atoms with E-state index in [0.717, 1.165) is 37.6 Å². The van der Waals surface area contributed by atoms with E-state index in [9.17, 15) is 14.4 Å². The summed E-state index contributed by atoms with van der Waals surface area (Å²) in [4.78, 5) is 48.5. The zero-order chi connectivity index (χ0) is 23.2. The Labute approximate surface area is 193 Å². The molecule has 33 heavy (non-hydrogen) atoms. The molecule has 1 unspecified atom stereocenters. The molecule has 0 spiro atoms. The Morgan fingerprint density at radius 3 is 2.52 bits per heavy atom. The second-order valence-electron chi connectivity index (χ2n) is 8.46. The lowest BCUT2D eigenvalue weighted by molar-refractivity contribution is -0.145. The van der Waals surface area contributed by atoms with Crippen LogP contribution < -0.4 is 15.5 Å². The summed E-state index contributed by atoms with van der Waals surface area (Å²) in [5, 5.41) is 5.60. The van der Waals surface area contributed by atoms with Crippen molar-refractivity contribution in [3.05, 3.63) is 54.2 Å². The maximum Gasteiger partial charge on any atom is 0.243 e. The van der Waals surface area contributed by atoms with E-state index in [1.54, 1.807) is 11.1 Å². The zero-order valence-electron chi connectivity index (χ0n) is 18.9. The minimum Gasteiger partial charge on any atom is -0.354 e. The third-order valence-corrected chi connectivity index (χ3v) is 6.07. The first-order chi connectivity index (χ1) is 16.0. The molecule has 2 fully saturated rings. The number of aryl methyl sites for hydroxylation is 1. The van der Waals surface area contributed by atoms with E-state index >= 15 is 0 Å². The van der Waals surface area contributed by atoms with E-state index in [4.69, 9.17) is 0 Å². The van der Waals surface area contributed by atoms with Crippen molar-refractivity contribution in [2.75, 3.05) is 56.0 Å². The average molecular weight is 451 g/mol. The summed E-state index contributed by atoms with van der Waals surface area (Å²) in [6, 6.07) is 12.5. The molecule has 2 saturated heterocycles. The number of piperazine rings is 2. The van der Waals surface area contributed by atoms with Crippen LogP contribution in [0.5, 0.6) is 0 Å². The van der Waals surface area contributed by atoms with Gasteiger partial charge < -0.3 is 20.4 Å². The van der Waals surface area contributed by atoms with Gasteiger partial charge in [-0.3, -0.25) is 19.3 Å². The lowest BCUT2D eigenvalue weighted by Gasteiger charge is -2.38. The molecule has 9 heteroatoms.